The Morgan fingerprint density at radius 2 is 1.80 bits per heavy atom. The molecule has 30 heavy (non-hydrogen) atoms. The number of nitrogens with one attached hydrogen (secondary N) is 1. The van der Waals surface area contributed by atoms with Crippen molar-refractivity contribution in [3.63, 3.8) is 0 Å². The molecule has 160 valence electrons. The SMILES string of the molecule is CCCn1c(=O)sc2cc(S(=O)(=O)NCc3ccccc3CN3CCCC3)ccc21. The molecule has 0 bridgehead atoms. The fourth-order valence-corrected chi connectivity index (χ4v) is 6.03. The van der Waals surface area contributed by atoms with E-state index < -0.39 is 10.0 Å². The second kappa shape index (κ2) is 9.01. The van der Waals surface area contributed by atoms with Gasteiger partial charge in [-0.2, -0.15) is 0 Å². The fraction of sp³-hybridized carbons (Fsp3) is 0.409. The Morgan fingerprint density at radius 3 is 2.53 bits per heavy atom. The number of hydrogen-bond donors (Lipinski definition) is 1. The van der Waals surface area contributed by atoms with E-state index in [1.54, 1.807) is 22.8 Å². The molecule has 0 saturated carbocycles. The van der Waals surface area contributed by atoms with Gasteiger partial charge in [-0.1, -0.05) is 42.5 Å². The lowest BCUT2D eigenvalue weighted by molar-refractivity contribution is 0.330. The molecule has 1 N–H and O–H groups in total. The van der Waals surface area contributed by atoms with E-state index >= 15 is 0 Å². The van der Waals surface area contributed by atoms with Crippen LogP contribution in [0.2, 0.25) is 0 Å². The van der Waals surface area contributed by atoms with Crippen molar-refractivity contribution in [1.29, 1.82) is 0 Å². The summed E-state index contributed by atoms with van der Waals surface area (Å²) in [5.41, 5.74) is 2.95. The molecule has 1 saturated heterocycles. The number of sulfonamides is 1. The highest BCUT2D eigenvalue weighted by atomic mass is 32.2. The van der Waals surface area contributed by atoms with Gasteiger partial charge in [-0.05, 0) is 61.7 Å². The Balaban J connectivity index is 1.53. The van der Waals surface area contributed by atoms with Crippen LogP contribution in [0.3, 0.4) is 0 Å². The highest BCUT2D eigenvalue weighted by Crippen LogP contribution is 2.23. The Kier molecular flexibility index (Phi) is 6.38. The van der Waals surface area contributed by atoms with Gasteiger partial charge in [0, 0.05) is 19.6 Å². The standard InChI is InChI=1S/C22H27N3O3S2/c1-2-11-25-20-10-9-19(14-21(20)29-22(25)26)30(27,28)23-15-17-7-3-4-8-18(17)16-24-12-5-6-13-24/h3-4,7-10,14,23H,2,5-6,11-13,15-16H2,1H3. The lowest BCUT2D eigenvalue weighted by atomic mass is 10.1. The lowest BCUT2D eigenvalue weighted by Crippen LogP contribution is -2.25. The molecule has 1 fully saturated rings. The maximum absolute atomic E-state index is 12.9. The normalized spacial score (nSPS) is 15.2. The highest BCUT2D eigenvalue weighted by molar-refractivity contribution is 7.89. The van der Waals surface area contributed by atoms with E-state index in [4.69, 9.17) is 0 Å². The monoisotopic (exact) mass is 445 g/mol. The van der Waals surface area contributed by atoms with E-state index in [-0.39, 0.29) is 16.3 Å². The van der Waals surface area contributed by atoms with Gasteiger partial charge in [-0.3, -0.25) is 14.3 Å². The molecule has 1 aliphatic rings. The van der Waals surface area contributed by atoms with Gasteiger partial charge in [0.15, 0.2) is 0 Å². The molecular formula is C22H27N3O3S2. The van der Waals surface area contributed by atoms with E-state index in [1.165, 1.54) is 12.8 Å². The average Bonchev–Trinajstić information content (AvgIpc) is 3.35. The molecular weight excluding hydrogens is 418 g/mol. The molecule has 0 radical (unpaired) electrons. The van der Waals surface area contributed by atoms with Crippen molar-refractivity contribution in [2.45, 2.75) is 50.7 Å². The first-order valence-electron chi connectivity index (χ1n) is 10.4. The minimum atomic E-state index is -3.68. The van der Waals surface area contributed by atoms with E-state index in [0.29, 0.717) is 11.2 Å². The number of aryl methyl sites for hydroxylation is 1. The summed E-state index contributed by atoms with van der Waals surface area (Å²) < 4.78 is 31.0. The number of fused-ring (bicyclic) bond motifs is 1. The summed E-state index contributed by atoms with van der Waals surface area (Å²) in [5, 5.41) is 0. The third kappa shape index (κ3) is 4.51. The van der Waals surface area contributed by atoms with Crippen molar-refractivity contribution in [2.24, 2.45) is 0 Å². The Hall–Kier alpha value is -2.00. The summed E-state index contributed by atoms with van der Waals surface area (Å²) in [6.07, 6.45) is 3.30. The first kappa shape index (κ1) is 21.2. The van der Waals surface area contributed by atoms with E-state index in [1.807, 2.05) is 25.1 Å². The van der Waals surface area contributed by atoms with Gasteiger partial charge >= 0.3 is 4.87 Å². The van der Waals surface area contributed by atoms with Gasteiger partial charge < -0.3 is 0 Å². The minimum Gasteiger partial charge on any atom is -0.299 e. The molecule has 0 unspecified atom stereocenters. The number of aromatic nitrogens is 1. The summed E-state index contributed by atoms with van der Waals surface area (Å²) in [5.74, 6) is 0. The predicted molar refractivity (Wildman–Crippen MR) is 121 cm³/mol. The number of thiazole rings is 1. The summed E-state index contributed by atoms with van der Waals surface area (Å²) in [6.45, 7) is 5.94. The quantitative estimate of drug-likeness (QED) is 0.576. The molecule has 0 amide bonds. The molecule has 6 nitrogen and oxygen atoms in total. The van der Waals surface area contributed by atoms with Crippen molar-refractivity contribution in [3.05, 3.63) is 63.3 Å². The van der Waals surface area contributed by atoms with E-state index in [0.717, 1.165) is 54.0 Å². The van der Waals surface area contributed by atoms with Crippen molar-refractivity contribution in [3.8, 4) is 0 Å². The molecule has 1 aromatic heterocycles. The number of benzene rings is 2. The predicted octanol–water partition coefficient (Wildman–Crippen LogP) is 3.55. The van der Waals surface area contributed by atoms with Crippen LogP contribution in [0.15, 0.2) is 52.2 Å². The average molecular weight is 446 g/mol. The number of nitrogens with zero attached hydrogens (tertiary/aromatic N) is 2. The van der Waals surface area contributed by atoms with Crippen molar-refractivity contribution < 1.29 is 8.42 Å². The summed E-state index contributed by atoms with van der Waals surface area (Å²) in [7, 11) is -3.68. The molecule has 1 aliphatic heterocycles. The Morgan fingerprint density at radius 1 is 1.07 bits per heavy atom. The molecule has 8 heteroatoms. The summed E-state index contributed by atoms with van der Waals surface area (Å²) >= 11 is 1.09. The minimum absolute atomic E-state index is 0.0507. The zero-order valence-corrected chi connectivity index (χ0v) is 18.8. The fourth-order valence-electron chi connectivity index (χ4n) is 3.97. The molecule has 0 atom stereocenters. The van der Waals surface area contributed by atoms with Crippen LogP contribution in [0.4, 0.5) is 0 Å². The lowest BCUT2D eigenvalue weighted by Gasteiger charge is -2.17. The molecule has 4 rings (SSSR count). The molecule has 2 heterocycles. The first-order chi connectivity index (χ1) is 14.5. The topological polar surface area (TPSA) is 71.4 Å². The third-order valence-electron chi connectivity index (χ3n) is 5.56. The molecule has 2 aromatic carbocycles. The van der Waals surface area contributed by atoms with Gasteiger partial charge in [-0.15, -0.1) is 0 Å². The number of likely N-dealkylation sites (tertiary alicyclic amines) is 1. The Bertz CT molecular complexity index is 1190. The maximum Gasteiger partial charge on any atom is 0.308 e. The van der Waals surface area contributed by atoms with E-state index in [9.17, 15) is 13.2 Å². The van der Waals surface area contributed by atoms with Gasteiger partial charge in [0.25, 0.3) is 0 Å². The van der Waals surface area contributed by atoms with Crippen LogP contribution in [0.25, 0.3) is 10.2 Å². The second-order valence-corrected chi connectivity index (χ2v) is 10.5. The molecule has 3 aromatic rings. The Labute approximate surface area is 181 Å². The zero-order valence-electron chi connectivity index (χ0n) is 17.1. The largest absolute Gasteiger partial charge is 0.308 e. The number of rotatable bonds is 8. The van der Waals surface area contributed by atoms with Crippen molar-refractivity contribution >= 4 is 31.6 Å². The first-order valence-corrected chi connectivity index (χ1v) is 12.7. The highest BCUT2D eigenvalue weighted by Gasteiger charge is 2.18. The van der Waals surface area contributed by atoms with Crippen LogP contribution in [0, 0.1) is 0 Å². The van der Waals surface area contributed by atoms with Gasteiger partial charge in [0.05, 0.1) is 15.1 Å². The zero-order chi connectivity index (χ0) is 21.1. The van der Waals surface area contributed by atoms with Crippen LogP contribution in [-0.2, 0) is 29.7 Å². The molecule has 0 aliphatic carbocycles. The van der Waals surface area contributed by atoms with Gasteiger partial charge in [0.2, 0.25) is 10.0 Å². The number of hydrogen-bond acceptors (Lipinski definition) is 5. The summed E-state index contributed by atoms with van der Waals surface area (Å²) in [6, 6.07) is 12.9. The smallest absolute Gasteiger partial charge is 0.299 e. The molecule has 0 spiro atoms. The van der Waals surface area contributed by atoms with Gasteiger partial charge in [-0.25, -0.2) is 13.1 Å². The van der Waals surface area contributed by atoms with Crippen LogP contribution in [-0.4, -0.2) is 31.0 Å². The summed E-state index contributed by atoms with van der Waals surface area (Å²) in [4.78, 5) is 14.7. The van der Waals surface area contributed by atoms with Crippen LogP contribution >= 0.6 is 11.3 Å². The maximum atomic E-state index is 12.9. The van der Waals surface area contributed by atoms with Crippen molar-refractivity contribution in [1.82, 2.24) is 14.2 Å². The van der Waals surface area contributed by atoms with Gasteiger partial charge in [0.1, 0.15) is 0 Å². The van der Waals surface area contributed by atoms with Crippen molar-refractivity contribution in [2.75, 3.05) is 13.1 Å². The van der Waals surface area contributed by atoms with Crippen LogP contribution in [0.1, 0.15) is 37.3 Å². The second-order valence-electron chi connectivity index (χ2n) is 7.73. The third-order valence-corrected chi connectivity index (χ3v) is 7.90. The van der Waals surface area contributed by atoms with Crippen LogP contribution < -0.4 is 9.60 Å². The van der Waals surface area contributed by atoms with E-state index in [2.05, 4.69) is 15.7 Å². The van der Waals surface area contributed by atoms with Crippen LogP contribution in [0.5, 0.6) is 0 Å².